The first-order valence-electron chi connectivity index (χ1n) is 5.20. The molecule has 0 aliphatic heterocycles. The van der Waals surface area contributed by atoms with E-state index < -0.39 is 5.41 Å². The molecule has 0 saturated heterocycles. The second kappa shape index (κ2) is 4.41. The smallest absolute Gasteiger partial charge is 0.153 e. The van der Waals surface area contributed by atoms with Crippen molar-refractivity contribution < 1.29 is 4.79 Å². The fraction of sp³-hybridized carbons (Fsp3) is 0.667. The molecule has 0 aromatic heterocycles. The summed E-state index contributed by atoms with van der Waals surface area (Å²) in [5.41, 5.74) is 0.370. The van der Waals surface area contributed by atoms with E-state index in [1.807, 2.05) is 6.92 Å². The SMILES string of the molecule is C=C(C)CCC1(C#N)CCCCC1=O. The van der Waals surface area contributed by atoms with Crippen molar-refractivity contribution in [1.29, 1.82) is 5.26 Å². The van der Waals surface area contributed by atoms with Crippen molar-refractivity contribution in [3.63, 3.8) is 0 Å². The minimum Gasteiger partial charge on any atom is -0.298 e. The Hall–Kier alpha value is -1.10. The fourth-order valence-electron chi connectivity index (χ4n) is 1.96. The summed E-state index contributed by atoms with van der Waals surface area (Å²) in [6.45, 7) is 5.75. The van der Waals surface area contributed by atoms with Crippen molar-refractivity contribution in [2.45, 2.75) is 45.4 Å². The number of carbonyl (C=O) groups is 1. The number of rotatable bonds is 3. The van der Waals surface area contributed by atoms with Gasteiger partial charge < -0.3 is 0 Å². The van der Waals surface area contributed by atoms with Crippen LogP contribution in [0.2, 0.25) is 0 Å². The molecule has 1 fully saturated rings. The molecule has 1 atom stereocenters. The van der Waals surface area contributed by atoms with Gasteiger partial charge in [-0.2, -0.15) is 5.26 Å². The van der Waals surface area contributed by atoms with E-state index in [1.165, 1.54) is 0 Å². The number of ketones is 1. The lowest BCUT2D eigenvalue weighted by Crippen LogP contribution is -2.32. The van der Waals surface area contributed by atoms with Gasteiger partial charge in [-0.15, -0.1) is 6.58 Å². The van der Waals surface area contributed by atoms with E-state index in [-0.39, 0.29) is 5.78 Å². The van der Waals surface area contributed by atoms with Crippen LogP contribution < -0.4 is 0 Å². The Kier molecular flexibility index (Phi) is 3.46. The molecule has 0 bridgehead atoms. The fourth-order valence-corrected chi connectivity index (χ4v) is 1.96. The van der Waals surface area contributed by atoms with Crippen LogP contribution in [-0.2, 0) is 4.79 Å². The van der Waals surface area contributed by atoms with Gasteiger partial charge in [-0.25, -0.2) is 0 Å². The number of nitriles is 1. The molecular formula is C12H17NO. The van der Waals surface area contributed by atoms with Crippen molar-refractivity contribution in [2.24, 2.45) is 5.41 Å². The van der Waals surface area contributed by atoms with Crippen LogP contribution in [0.1, 0.15) is 45.4 Å². The molecule has 2 nitrogen and oxygen atoms in total. The molecule has 76 valence electrons. The summed E-state index contributed by atoms with van der Waals surface area (Å²) in [5, 5.41) is 9.12. The molecule has 1 aliphatic carbocycles. The van der Waals surface area contributed by atoms with Gasteiger partial charge in [-0.3, -0.25) is 4.79 Å². The first-order valence-corrected chi connectivity index (χ1v) is 5.20. The molecule has 1 rings (SSSR count). The van der Waals surface area contributed by atoms with Gasteiger partial charge in [-0.1, -0.05) is 12.0 Å². The summed E-state index contributed by atoms with van der Waals surface area (Å²) in [5.74, 6) is 0.146. The largest absolute Gasteiger partial charge is 0.298 e. The highest BCUT2D eigenvalue weighted by Crippen LogP contribution is 2.37. The van der Waals surface area contributed by atoms with E-state index in [0.717, 1.165) is 31.3 Å². The molecule has 0 spiro atoms. The average molecular weight is 191 g/mol. The van der Waals surface area contributed by atoms with Crippen LogP contribution in [0.4, 0.5) is 0 Å². The van der Waals surface area contributed by atoms with Gasteiger partial charge in [0.15, 0.2) is 5.78 Å². The molecule has 0 heterocycles. The van der Waals surface area contributed by atoms with Gasteiger partial charge in [0, 0.05) is 6.42 Å². The van der Waals surface area contributed by atoms with Crippen LogP contribution in [0.5, 0.6) is 0 Å². The van der Waals surface area contributed by atoms with Gasteiger partial charge in [0.05, 0.1) is 6.07 Å². The third kappa shape index (κ3) is 2.23. The van der Waals surface area contributed by atoms with E-state index in [4.69, 9.17) is 5.26 Å². The number of hydrogen-bond acceptors (Lipinski definition) is 2. The predicted octanol–water partition coefficient (Wildman–Crippen LogP) is 3.00. The van der Waals surface area contributed by atoms with Gasteiger partial charge in [0.1, 0.15) is 5.41 Å². The summed E-state index contributed by atoms with van der Waals surface area (Å²) in [6.07, 6.45) is 4.75. The highest BCUT2D eigenvalue weighted by molar-refractivity contribution is 5.88. The van der Waals surface area contributed by atoms with Crippen molar-refractivity contribution in [3.8, 4) is 6.07 Å². The van der Waals surface area contributed by atoms with Crippen LogP contribution in [0.3, 0.4) is 0 Å². The Bertz CT molecular complexity index is 287. The van der Waals surface area contributed by atoms with Crippen molar-refractivity contribution in [3.05, 3.63) is 12.2 Å². The highest BCUT2D eigenvalue weighted by atomic mass is 16.1. The summed E-state index contributed by atoms with van der Waals surface area (Å²) < 4.78 is 0. The zero-order valence-corrected chi connectivity index (χ0v) is 8.81. The first kappa shape index (κ1) is 11.0. The number of carbonyl (C=O) groups excluding carboxylic acids is 1. The summed E-state index contributed by atoms with van der Waals surface area (Å²) in [6, 6.07) is 2.23. The number of Topliss-reactive ketones (excluding diaryl/α,β-unsaturated/α-hetero) is 1. The monoisotopic (exact) mass is 191 g/mol. The Morgan fingerprint density at radius 2 is 2.36 bits per heavy atom. The van der Waals surface area contributed by atoms with Gasteiger partial charge >= 0.3 is 0 Å². The molecule has 1 unspecified atom stereocenters. The zero-order valence-electron chi connectivity index (χ0n) is 8.81. The maximum absolute atomic E-state index is 11.7. The lowest BCUT2D eigenvalue weighted by molar-refractivity contribution is -0.128. The number of allylic oxidation sites excluding steroid dienone is 1. The van der Waals surface area contributed by atoms with Gasteiger partial charge in [-0.05, 0) is 32.6 Å². The van der Waals surface area contributed by atoms with Crippen molar-refractivity contribution >= 4 is 5.78 Å². The maximum atomic E-state index is 11.7. The minimum absolute atomic E-state index is 0.146. The lowest BCUT2D eigenvalue weighted by Gasteiger charge is -2.29. The second-order valence-electron chi connectivity index (χ2n) is 4.28. The average Bonchev–Trinajstić information content (AvgIpc) is 2.17. The number of nitrogens with zero attached hydrogens (tertiary/aromatic N) is 1. The minimum atomic E-state index is -0.683. The molecule has 14 heavy (non-hydrogen) atoms. The quantitative estimate of drug-likeness (QED) is 0.643. The number of hydrogen-bond donors (Lipinski definition) is 0. The van der Waals surface area contributed by atoms with E-state index in [1.54, 1.807) is 0 Å². The van der Waals surface area contributed by atoms with E-state index in [0.29, 0.717) is 12.8 Å². The summed E-state index contributed by atoms with van der Waals surface area (Å²) in [4.78, 5) is 11.7. The Morgan fingerprint density at radius 1 is 1.64 bits per heavy atom. The summed E-state index contributed by atoms with van der Waals surface area (Å²) in [7, 11) is 0. The van der Waals surface area contributed by atoms with Crippen LogP contribution in [-0.4, -0.2) is 5.78 Å². The predicted molar refractivity (Wildman–Crippen MR) is 55.6 cm³/mol. The van der Waals surface area contributed by atoms with E-state index >= 15 is 0 Å². The highest BCUT2D eigenvalue weighted by Gasteiger charge is 2.39. The molecule has 0 amide bonds. The third-order valence-electron chi connectivity index (χ3n) is 2.98. The van der Waals surface area contributed by atoms with Crippen molar-refractivity contribution in [1.82, 2.24) is 0 Å². The molecule has 0 N–H and O–H groups in total. The van der Waals surface area contributed by atoms with E-state index in [9.17, 15) is 4.79 Å². The van der Waals surface area contributed by atoms with Gasteiger partial charge in [0.25, 0.3) is 0 Å². The first-order chi connectivity index (χ1) is 6.60. The molecule has 1 saturated carbocycles. The summed E-state index contributed by atoms with van der Waals surface area (Å²) >= 11 is 0. The maximum Gasteiger partial charge on any atom is 0.153 e. The van der Waals surface area contributed by atoms with Crippen LogP contribution >= 0.6 is 0 Å². The van der Waals surface area contributed by atoms with Gasteiger partial charge in [0.2, 0.25) is 0 Å². The molecule has 0 aromatic carbocycles. The Labute approximate surface area is 85.6 Å². The molecular weight excluding hydrogens is 174 g/mol. The third-order valence-corrected chi connectivity index (χ3v) is 2.98. The standard InChI is InChI=1S/C12H17NO/c1-10(2)6-8-12(9-13)7-4-3-5-11(12)14/h1,3-8H2,2H3. The van der Waals surface area contributed by atoms with E-state index in [2.05, 4.69) is 12.6 Å². The van der Waals surface area contributed by atoms with Crippen LogP contribution in [0, 0.1) is 16.7 Å². The second-order valence-corrected chi connectivity index (χ2v) is 4.28. The van der Waals surface area contributed by atoms with Crippen LogP contribution in [0.15, 0.2) is 12.2 Å². The molecule has 0 aromatic rings. The normalized spacial score (nSPS) is 27.0. The Morgan fingerprint density at radius 3 is 2.86 bits per heavy atom. The molecule has 2 heteroatoms. The lowest BCUT2D eigenvalue weighted by atomic mass is 9.71. The topological polar surface area (TPSA) is 40.9 Å². The molecule has 1 aliphatic rings. The van der Waals surface area contributed by atoms with Crippen LogP contribution in [0.25, 0.3) is 0 Å². The Balaban J connectivity index is 2.69. The van der Waals surface area contributed by atoms with Crippen molar-refractivity contribution in [2.75, 3.05) is 0 Å². The molecule has 0 radical (unpaired) electrons. The zero-order chi connectivity index (χ0) is 10.6.